The van der Waals surface area contributed by atoms with Crippen LogP contribution in [-0.4, -0.2) is 17.0 Å². The number of anilines is 3. The van der Waals surface area contributed by atoms with E-state index in [9.17, 15) is 4.39 Å². The van der Waals surface area contributed by atoms with Crippen molar-refractivity contribution in [1.82, 2.24) is 9.97 Å². The molecule has 1 heterocycles. The van der Waals surface area contributed by atoms with Crippen LogP contribution in [0.25, 0.3) is 0 Å². The SMILES string of the molecule is CNc1ncc(F)c(Nc2ccc(C#N)cc2)n1. The van der Waals surface area contributed by atoms with Crippen LogP contribution in [0.5, 0.6) is 0 Å². The third-order valence-electron chi connectivity index (χ3n) is 2.24. The van der Waals surface area contributed by atoms with Crippen molar-refractivity contribution in [2.75, 3.05) is 17.7 Å². The second-order valence-corrected chi connectivity index (χ2v) is 3.45. The fourth-order valence-electron chi connectivity index (χ4n) is 1.34. The van der Waals surface area contributed by atoms with Crippen LogP contribution in [0.4, 0.5) is 21.8 Å². The summed E-state index contributed by atoms with van der Waals surface area (Å²) in [6.45, 7) is 0. The molecule has 1 aromatic carbocycles. The van der Waals surface area contributed by atoms with Crippen LogP contribution in [0.1, 0.15) is 5.56 Å². The molecule has 0 atom stereocenters. The summed E-state index contributed by atoms with van der Waals surface area (Å²) < 4.78 is 13.5. The zero-order valence-electron chi connectivity index (χ0n) is 9.61. The molecular formula is C12H10FN5. The largest absolute Gasteiger partial charge is 0.357 e. The van der Waals surface area contributed by atoms with Crippen molar-refractivity contribution in [2.45, 2.75) is 0 Å². The molecule has 1 aromatic heterocycles. The summed E-state index contributed by atoms with van der Waals surface area (Å²) in [6, 6.07) is 8.65. The molecule has 0 spiro atoms. The minimum atomic E-state index is -0.543. The van der Waals surface area contributed by atoms with Crippen LogP contribution in [0.2, 0.25) is 0 Å². The lowest BCUT2D eigenvalue weighted by molar-refractivity contribution is 0.619. The number of aromatic nitrogens is 2. The van der Waals surface area contributed by atoms with Crippen molar-refractivity contribution < 1.29 is 4.39 Å². The summed E-state index contributed by atoms with van der Waals surface area (Å²) in [5.74, 6) is -0.134. The van der Waals surface area contributed by atoms with Gasteiger partial charge in [0, 0.05) is 12.7 Å². The van der Waals surface area contributed by atoms with Gasteiger partial charge >= 0.3 is 0 Å². The fraction of sp³-hybridized carbons (Fsp3) is 0.0833. The molecule has 0 aliphatic heterocycles. The minimum Gasteiger partial charge on any atom is -0.357 e. The first-order valence-corrected chi connectivity index (χ1v) is 5.20. The highest BCUT2D eigenvalue weighted by Gasteiger charge is 2.06. The van der Waals surface area contributed by atoms with Gasteiger partial charge in [-0.05, 0) is 24.3 Å². The van der Waals surface area contributed by atoms with E-state index in [2.05, 4.69) is 20.6 Å². The van der Waals surface area contributed by atoms with Gasteiger partial charge in [0.15, 0.2) is 11.6 Å². The molecule has 6 heteroatoms. The molecule has 0 aliphatic rings. The number of nitriles is 1. The maximum absolute atomic E-state index is 13.5. The van der Waals surface area contributed by atoms with E-state index in [1.54, 1.807) is 31.3 Å². The van der Waals surface area contributed by atoms with Gasteiger partial charge in [0.25, 0.3) is 0 Å². The first-order valence-electron chi connectivity index (χ1n) is 5.20. The van der Waals surface area contributed by atoms with Gasteiger partial charge in [-0.3, -0.25) is 0 Å². The van der Waals surface area contributed by atoms with Gasteiger partial charge in [0.05, 0.1) is 17.8 Å². The fourth-order valence-corrected chi connectivity index (χ4v) is 1.34. The maximum atomic E-state index is 13.5. The van der Waals surface area contributed by atoms with Crippen molar-refractivity contribution in [2.24, 2.45) is 0 Å². The number of nitrogens with zero attached hydrogens (tertiary/aromatic N) is 3. The van der Waals surface area contributed by atoms with Gasteiger partial charge in [-0.1, -0.05) is 0 Å². The molecular weight excluding hydrogens is 233 g/mol. The van der Waals surface area contributed by atoms with E-state index in [0.29, 0.717) is 17.2 Å². The molecule has 0 aliphatic carbocycles. The average molecular weight is 243 g/mol. The average Bonchev–Trinajstić information content (AvgIpc) is 2.42. The highest BCUT2D eigenvalue weighted by atomic mass is 19.1. The summed E-state index contributed by atoms with van der Waals surface area (Å²) >= 11 is 0. The number of halogens is 1. The Morgan fingerprint density at radius 3 is 2.61 bits per heavy atom. The lowest BCUT2D eigenvalue weighted by atomic mass is 10.2. The van der Waals surface area contributed by atoms with Crippen molar-refractivity contribution in [1.29, 1.82) is 5.26 Å². The van der Waals surface area contributed by atoms with E-state index in [1.807, 2.05) is 6.07 Å². The predicted molar refractivity (Wildman–Crippen MR) is 66.0 cm³/mol. The zero-order chi connectivity index (χ0) is 13.0. The van der Waals surface area contributed by atoms with E-state index < -0.39 is 5.82 Å². The summed E-state index contributed by atoms with van der Waals surface area (Å²) in [7, 11) is 1.65. The monoisotopic (exact) mass is 243 g/mol. The molecule has 0 amide bonds. The Bertz CT molecular complexity index is 588. The van der Waals surface area contributed by atoms with Gasteiger partial charge in [-0.15, -0.1) is 0 Å². The number of nitrogens with one attached hydrogen (secondary N) is 2. The Labute approximate surface area is 103 Å². The van der Waals surface area contributed by atoms with Crippen LogP contribution in [0.15, 0.2) is 30.5 Å². The molecule has 0 radical (unpaired) electrons. The molecule has 18 heavy (non-hydrogen) atoms. The Hall–Kier alpha value is -2.68. The normalized spacial score (nSPS) is 9.61. The quantitative estimate of drug-likeness (QED) is 0.865. The molecule has 0 fully saturated rings. The summed E-state index contributed by atoms with van der Waals surface area (Å²) in [5.41, 5.74) is 1.19. The van der Waals surface area contributed by atoms with Crippen molar-refractivity contribution in [3.8, 4) is 6.07 Å². The van der Waals surface area contributed by atoms with E-state index >= 15 is 0 Å². The lowest BCUT2D eigenvalue weighted by Gasteiger charge is -2.07. The molecule has 0 unspecified atom stereocenters. The molecule has 0 saturated carbocycles. The third-order valence-corrected chi connectivity index (χ3v) is 2.24. The van der Waals surface area contributed by atoms with Crippen LogP contribution in [0, 0.1) is 17.1 Å². The number of rotatable bonds is 3. The number of hydrogen-bond acceptors (Lipinski definition) is 5. The molecule has 90 valence electrons. The summed E-state index contributed by atoms with van der Waals surface area (Å²) in [4.78, 5) is 7.70. The van der Waals surface area contributed by atoms with Crippen molar-refractivity contribution in [3.05, 3.63) is 41.8 Å². The second-order valence-electron chi connectivity index (χ2n) is 3.45. The molecule has 2 rings (SSSR count). The molecule has 2 N–H and O–H groups in total. The Kier molecular flexibility index (Phi) is 3.34. The Balaban J connectivity index is 2.25. The topological polar surface area (TPSA) is 73.6 Å². The maximum Gasteiger partial charge on any atom is 0.224 e. The molecule has 5 nitrogen and oxygen atoms in total. The van der Waals surface area contributed by atoms with E-state index in [0.717, 1.165) is 6.20 Å². The Morgan fingerprint density at radius 2 is 2.00 bits per heavy atom. The summed E-state index contributed by atoms with van der Waals surface area (Å²) in [6.07, 6.45) is 1.09. The smallest absolute Gasteiger partial charge is 0.224 e. The van der Waals surface area contributed by atoms with E-state index in [-0.39, 0.29) is 5.82 Å². The van der Waals surface area contributed by atoms with Gasteiger partial charge in [0.1, 0.15) is 0 Å². The number of benzene rings is 1. The molecule has 0 saturated heterocycles. The second kappa shape index (κ2) is 5.10. The van der Waals surface area contributed by atoms with Crippen LogP contribution >= 0.6 is 0 Å². The van der Waals surface area contributed by atoms with Gasteiger partial charge in [-0.25, -0.2) is 9.37 Å². The molecule has 0 bridgehead atoms. The van der Waals surface area contributed by atoms with Crippen molar-refractivity contribution >= 4 is 17.5 Å². The van der Waals surface area contributed by atoms with Crippen molar-refractivity contribution in [3.63, 3.8) is 0 Å². The first kappa shape index (κ1) is 11.8. The van der Waals surface area contributed by atoms with Crippen LogP contribution in [0.3, 0.4) is 0 Å². The van der Waals surface area contributed by atoms with Crippen LogP contribution in [-0.2, 0) is 0 Å². The van der Waals surface area contributed by atoms with E-state index in [1.165, 1.54) is 0 Å². The Morgan fingerprint density at radius 1 is 1.28 bits per heavy atom. The summed E-state index contributed by atoms with van der Waals surface area (Å²) in [5, 5.41) is 14.2. The standard InChI is InChI=1S/C12H10FN5/c1-15-12-16-7-10(13)11(18-12)17-9-4-2-8(6-14)3-5-9/h2-5,7H,1H3,(H2,15,16,17,18). The lowest BCUT2D eigenvalue weighted by Crippen LogP contribution is -2.02. The first-order chi connectivity index (χ1) is 8.72. The third kappa shape index (κ3) is 2.52. The highest BCUT2D eigenvalue weighted by Crippen LogP contribution is 2.18. The van der Waals surface area contributed by atoms with Gasteiger partial charge in [-0.2, -0.15) is 10.2 Å². The molecule has 2 aromatic rings. The minimum absolute atomic E-state index is 0.0825. The van der Waals surface area contributed by atoms with Gasteiger partial charge in [0.2, 0.25) is 5.95 Å². The van der Waals surface area contributed by atoms with Crippen LogP contribution < -0.4 is 10.6 Å². The zero-order valence-corrected chi connectivity index (χ0v) is 9.61. The van der Waals surface area contributed by atoms with Gasteiger partial charge < -0.3 is 10.6 Å². The predicted octanol–water partition coefficient (Wildman–Crippen LogP) is 2.27. The number of hydrogen-bond donors (Lipinski definition) is 2. The van der Waals surface area contributed by atoms with E-state index in [4.69, 9.17) is 5.26 Å². The highest BCUT2D eigenvalue weighted by molar-refractivity contribution is 5.58.